The molecule has 0 aromatic carbocycles. The highest BCUT2D eigenvalue weighted by atomic mass is 32.2. The zero-order valence-electron chi connectivity index (χ0n) is 16.1. The molecule has 0 aromatic rings. The lowest BCUT2D eigenvalue weighted by atomic mass is 10.1. The summed E-state index contributed by atoms with van der Waals surface area (Å²) in [5.41, 5.74) is -0.934. The van der Waals surface area contributed by atoms with E-state index in [1.54, 1.807) is 34.6 Å². The average Bonchev–Trinajstić information content (AvgIpc) is 2.43. The number of alkyl carbamates (subject to hydrolysis) is 1. The van der Waals surface area contributed by atoms with Gasteiger partial charge in [-0.05, 0) is 53.3 Å². The van der Waals surface area contributed by atoms with Gasteiger partial charge in [-0.2, -0.15) is 13.2 Å². The van der Waals surface area contributed by atoms with E-state index in [1.165, 1.54) is 0 Å². The van der Waals surface area contributed by atoms with Crippen molar-refractivity contribution in [2.24, 2.45) is 0 Å². The SMILES string of the molecule is CCOC(=S)SC(CC(O)OCC)CC(NC(=O)OC(C)(C)C)C(F)(F)F. The molecule has 160 valence electrons. The monoisotopic (exact) mass is 435 g/mol. The van der Waals surface area contributed by atoms with Gasteiger partial charge in [-0.25, -0.2) is 4.79 Å². The minimum atomic E-state index is -4.71. The van der Waals surface area contributed by atoms with Crippen LogP contribution in [0.1, 0.15) is 47.5 Å². The molecule has 0 fully saturated rings. The van der Waals surface area contributed by atoms with Gasteiger partial charge in [-0.15, -0.1) is 0 Å². The molecule has 2 N–H and O–H groups in total. The van der Waals surface area contributed by atoms with Crippen LogP contribution in [0.25, 0.3) is 0 Å². The van der Waals surface area contributed by atoms with Gasteiger partial charge in [0.15, 0.2) is 6.29 Å². The van der Waals surface area contributed by atoms with E-state index in [0.717, 1.165) is 11.8 Å². The molecule has 0 bridgehead atoms. The number of carbonyl (C=O) groups excluding carboxylic acids is 1. The Hall–Kier alpha value is -0.780. The number of alkyl halides is 3. The number of thioether (sulfide) groups is 1. The molecular weight excluding hydrogens is 407 g/mol. The molecule has 27 heavy (non-hydrogen) atoms. The Bertz CT molecular complexity index is 472. The minimum Gasteiger partial charge on any atom is -0.479 e. The second kappa shape index (κ2) is 11.9. The summed E-state index contributed by atoms with van der Waals surface area (Å²) in [6, 6.07) is -2.18. The maximum absolute atomic E-state index is 13.4. The first-order chi connectivity index (χ1) is 12.3. The van der Waals surface area contributed by atoms with Crippen molar-refractivity contribution < 1.29 is 37.3 Å². The van der Waals surface area contributed by atoms with Crippen LogP contribution in [0.2, 0.25) is 0 Å². The number of ether oxygens (including phenoxy) is 3. The number of nitrogens with one attached hydrogen (secondary N) is 1. The molecule has 0 aliphatic carbocycles. The van der Waals surface area contributed by atoms with E-state index in [-0.39, 0.29) is 24.0 Å². The van der Waals surface area contributed by atoms with Gasteiger partial charge >= 0.3 is 12.3 Å². The Morgan fingerprint density at radius 1 is 1.19 bits per heavy atom. The van der Waals surface area contributed by atoms with Gasteiger partial charge in [0, 0.05) is 18.3 Å². The first-order valence-electron chi connectivity index (χ1n) is 8.47. The van der Waals surface area contributed by atoms with Crippen molar-refractivity contribution in [3.8, 4) is 0 Å². The third-order valence-electron chi connectivity index (χ3n) is 2.93. The predicted molar refractivity (Wildman–Crippen MR) is 102 cm³/mol. The van der Waals surface area contributed by atoms with E-state index in [2.05, 4.69) is 0 Å². The molecule has 0 saturated carbocycles. The summed E-state index contributed by atoms with van der Waals surface area (Å²) in [6.07, 6.45) is -7.79. The Morgan fingerprint density at radius 3 is 2.22 bits per heavy atom. The van der Waals surface area contributed by atoms with Crippen LogP contribution in [-0.2, 0) is 14.2 Å². The second-order valence-corrected chi connectivity index (χ2v) is 8.45. The highest BCUT2D eigenvalue weighted by Gasteiger charge is 2.43. The molecule has 0 radical (unpaired) electrons. The number of halogens is 3. The van der Waals surface area contributed by atoms with Crippen LogP contribution in [0.4, 0.5) is 18.0 Å². The summed E-state index contributed by atoms with van der Waals surface area (Å²) < 4.78 is 55.3. The molecule has 11 heteroatoms. The van der Waals surface area contributed by atoms with Crippen molar-refractivity contribution in [3.05, 3.63) is 0 Å². The largest absolute Gasteiger partial charge is 0.479 e. The summed E-state index contributed by atoms with van der Waals surface area (Å²) in [7, 11) is 0. The number of amides is 1. The highest BCUT2D eigenvalue weighted by molar-refractivity contribution is 8.23. The maximum Gasteiger partial charge on any atom is 0.408 e. The topological polar surface area (TPSA) is 77.0 Å². The lowest BCUT2D eigenvalue weighted by Gasteiger charge is -2.28. The van der Waals surface area contributed by atoms with E-state index >= 15 is 0 Å². The Labute approximate surface area is 167 Å². The number of hydrogen-bond donors (Lipinski definition) is 2. The standard InChI is InChI=1S/C16H28F3NO5S2/c1-6-23-12(21)9-10(27-14(26)24-7-2)8-11(16(17,18)19)20-13(22)25-15(3,4)5/h10-12,21H,6-9H2,1-5H3,(H,20,22). The molecule has 3 unspecified atom stereocenters. The minimum absolute atomic E-state index is 0.0596. The summed E-state index contributed by atoms with van der Waals surface area (Å²) in [6.45, 7) is 8.46. The number of carbonyl (C=O) groups is 1. The van der Waals surface area contributed by atoms with Crippen LogP contribution in [-0.4, -0.2) is 58.2 Å². The second-order valence-electron chi connectivity index (χ2n) is 6.54. The zero-order chi connectivity index (χ0) is 21.3. The van der Waals surface area contributed by atoms with Gasteiger partial charge in [-0.3, -0.25) is 0 Å². The van der Waals surface area contributed by atoms with Gasteiger partial charge in [0.2, 0.25) is 4.38 Å². The molecule has 0 aliphatic rings. The van der Waals surface area contributed by atoms with Crippen molar-refractivity contribution in [2.45, 2.75) is 76.8 Å². The van der Waals surface area contributed by atoms with Gasteiger partial charge in [-0.1, -0.05) is 11.8 Å². The van der Waals surface area contributed by atoms with Crippen LogP contribution in [0, 0.1) is 0 Å². The number of rotatable bonds is 9. The fraction of sp³-hybridized carbons (Fsp3) is 0.875. The molecule has 0 spiro atoms. The van der Waals surface area contributed by atoms with E-state index in [0.29, 0.717) is 0 Å². The van der Waals surface area contributed by atoms with Crippen LogP contribution in [0.3, 0.4) is 0 Å². The molecule has 0 saturated heterocycles. The molecule has 3 atom stereocenters. The van der Waals surface area contributed by atoms with E-state index in [4.69, 9.17) is 26.4 Å². The fourth-order valence-electron chi connectivity index (χ4n) is 1.95. The number of hydrogen-bond acceptors (Lipinski definition) is 7. The van der Waals surface area contributed by atoms with Crippen molar-refractivity contribution in [1.29, 1.82) is 0 Å². The molecule has 0 rings (SSSR count). The van der Waals surface area contributed by atoms with E-state index in [1.807, 2.05) is 5.32 Å². The lowest BCUT2D eigenvalue weighted by molar-refractivity contribution is -0.158. The van der Waals surface area contributed by atoms with Crippen molar-refractivity contribution in [3.63, 3.8) is 0 Å². The summed E-state index contributed by atoms with van der Waals surface area (Å²) >= 11 is 5.86. The van der Waals surface area contributed by atoms with Gasteiger partial charge < -0.3 is 24.6 Å². The maximum atomic E-state index is 13.4. The van der Waals surface area contributed by atoms with Crippen molar-refractivity contribution in [2.75, 3.05) is 13.2 Å². The lowest BCUT2D eigenvalue weighted by Crippen LogP contribution is -2.48. The van der Waals surface area contributed by atoms with Gasteiger partial charge in [0.25, 0.3) is 0 Å². The first kappa shape index (κ1) is 26.2. The van der Waals surface area contributed by atoms with Gasteiger partial charge in [0.05, 0.1) is 6.61 Å². The van der Waals surface area contributed by atoms with E-state index in [9.17, 15) is 23.1 Å². The summed E-state index contributed by atoms with van der Waals surface area (Å²) in [5.74, 6) is 0. The van der Waals surface area contributed by atoms with Crippen molar-refractivity contribution in [1.82, 2.24) is 5.32 Å². The van der Waals surface area contributed by atoms with Crippen LogP contribution in [0.15, 0.2) is 0 Å². The normalized spacial score (nSPS) is 15.6. The molecule has 1 amide bonds. The van der Waals surface area contributed by atoms with Crippen LogP contribution >= 0.6 is 24.0 Å². The number of aliphatic hydroxyl groups is 1. The first-order valence-corrected chi connectivity index (χ1v) is 9.76. The summed E-state index contributed by atoms with van der Waals surface area (Å²) in [5, 5.41) is 10.8. The smallest absolute Gasteiger partial charge is 0.408 e. The molecular formula is C16H28F3NO5S2. The van der Waals surface area contributed by atoms with Crippen LogP contribution < -0.4 is 5.32 Å². The average molecular weight is 436 g/mol. The molecule has 6 nitrogen and oxygen atoms in total. The molecule has 0 heterocycles. The predicted octanol–water partition coefficient (Wildman–Crippen LogP) is 4.00. The summed E-state index contributed by atoms with van der Waals surface area (Å²) in [4.78, 5) is 11.8. The number of aliphatic hydroxyl groups excluding tert-OH is 1. The fourth-order valence-corrected chi connectivity index (χ4v) is 3.49. The van der Waals surface area contributed by atoms with Crippen molar-refractivity contribution >= 4 is 34.5 Å². The highest BCUT2D eigenvalue weighted by Crippen LogP contribution is 2.31. The third kappa shape index (κ3) is 13.1. The number of thiocarbonyl (C=S) groups is 1. The Balaban J connectivity index is 5.21. The molecule has 0 aromatic heterocycles. The quantitative estimate of drug-likeness (QED) is 0.419. The Morgan fingerprint density at radius 2 is 1.78 bits per heavy atom. The molecule has 0 aliphatic heterocycles. The third-order valence-corrected chi connectivity index (χ3v) is 4.37. The van der Waals surface area contributed by atoms with E-state index < -0.39 is 41.9 Å². The van der Waals surface area contributed by atoms with Crippen LogP contribution in [0.5, 0.6) is 0 Å². The Kier molecular flexibility index (Phi) is 11.6. The zero-order valence-corrected chi connectivity index (χ0v) is 17.7. The van der Waals surface area contributed by atoms with Gasteiger partial charge in [0.1, 0.15) is 11.6 Å².